The normalized spacial score (nSPS) is 20.4. The van der Waals surface area contributed by atoms with Crippen molar-refractivity contribution in [3.05, 3.63) is 23.8 Å². The number of benzene rings is 1. The number of ether oxygens (including phenoxy) is 1. The lowest BCUT2D eigenvalue weighted by Gasteiger charge is -2.35. The van der Waals surface area contributed by atoms with Crippen molar-refractivity contribution in [2.45, 2.75) is 50.6 Å². The number of carbonyl (C=O) groups is 3. The van der Waals surface area contributed by atoms with Crippen LogP contribution in [0.2, 0.25) is 0 Å². The van der Waals surface area contributed by atoms with Gasteiger partial charge in [-0.05, 0) is 49.8 Å². The minimum absolute atomic E-state index is 0.0971. The molecule has 1 aliphatic heterocycles. The molecule has 32 heavy (non-hydrogen) atoms. The first kappa shape index (κ1) is 22.6. The van der Waals surface area contributed by atoms with Crippen LogP contribution in [-0.4, -0.2) is 61.0 Å². The van der Waals surface area contributed by atoms with E-state index in [1.165, 1.54) is 23.1 Å². The quantitative estimate of drug-likeness (QED) is 0.561. The number of carbonyl (C=O) groups excluding carboxylic acids is 3. The van der Waals surface area contributed by atoms with E-state index in [4.69, 9.17) is 10.5 Å². The van der Waals surface area contributed by atoms with Crippen LogP contribution in [-0.2, 0) is 19.1 Å². The summed E-state index contributed by atoms with van der Waals surface area (Å²) < 4.78 is 32.7. The Kier molecular flexibility index (Phi) is 6.71. The van der Waals surface area contributed by atoms with Gasteiger partial charge in [-0.3, -0.25) is 19.3 Å². The first-order valence-electron chi connectivity index (χ1n) is 11.0. The Labute approximate surface area is 185 Å². The highest BCUT2D eigenvalue weighted by atomic mass is 19.3. The number of alkyl halides is 2. The molecule has 0 bridgehead atoms. The van der Waals surface area contributed by atoms with Crippen LogP contribution in [0.5, 0.6) is 0 Å². The minimum atomic E-state index is -2.89. The number of primary amides is 1. The summed E-state index contributed by atoms with van der Waals surface area (Å²) in [5.74, 6) is -1.39. The van der Waals surface area contributed by atoms with E-state index in [1.807, 2.05) is 4.90 Å². The van der Waals surface area contributed by atoms with Crippen molar-refractivity contribution in [3.63, 3.8) is 0 Å². The lowest BCUT2D eigenvalue weighted by atomic mass is 9.84. The van der Waals surface area contributed by atoms with Gasteiger partial charge in [0.1, 0.15) is 6.61 Å². The highest BCUT2D eigenvalue weighted by Gasteiger charge is 2.42. The molecular weight excluding hydrogens is 422 g/mol. The summed E-state index contributed by atoms with van der Waals surface area (Å²) in [6, 6.07) is 2.92. The molecule has 0 aromatic heterocycles. The van der Waals surface area contributed by atoms with Crippen LogP contribution >= 0.6 is 0 Å². The molecule has 10 heteroatoms. The van der Waals surface area contributed by atoms with E-state index >= 15 is 0 Å². The molecule has 1 atom stereocenters. The van der Waals surface area contributed by atoms with Gasteiger partial charge in [0.15, 0.2) is 6.04 Å². The Hall–Kier alpha value is -2.59. The molecule has 3 fully saturated rings. The third-order valence-corrected chi connectivity index (χ3v) is 6.38. The summed E-state index contributed by atoms with van der Waals surface area (Å²) >= 11 is 0. The van der Waals surface area contributed by atoms with E-state index in [9.17, 15) is 23.2 Å². The maximum atomic E-state index is 13.8. The average Bonchev–Trinajstić information content (AvgIpc) is 3.55. The molecule has 8 nitrogen and oxygen atoms in total. The van der Waals surface area contributed by atoms with Gasteiger partial charge in [-0.1, -0.05) is 6.42 Å². The second-order valence-electron chi connectivity index (χ2n) is 8.69. The first-order chi connectivity index (χ1) is 15.3. The lowest BCUT2D eigenvalue weighted by molar-refractivity contribution is -0.133. The standard InChI is InChI=1S/C22H28F2N4O4/c23-20(24)16-10-15(27-8-9-32-12-18(27)29)6-7-17(16)26-22(31)19(21(25)30)28(14-4-5-14)11-13-2-1-3-13/h6-7,10,13-14,19-20H,1-5,8-9,11-12H2,(H2,25,30)(H,26,31)/t19-/m0/s1. The van der Waals surface area contributed by atoms with E-state index < -0.39 is 29.8 Å². The van der Waals surface area contributed by atoms with Gasteiger partial charge in [-0.25, -0.2) is 8.78 Å². The number of amides is 3. The molecule has 0 radical (unpaired) electrons. The fourth-order valence-corrected chi connectivity index (χ4v) is 4.29. The number of nitrogens with one attached hydrogen (secondary N) is 1. The van der Waals surface area contributed by atoms with Crippen molar-refractivity contribution in [1.29, 1.82) is 0 Å². The van der Waals surface area contributed by atoms with E-state index in [1.54, 1.807) is 0 Å². The molecule has 1 heterocycles. The molecule has 1 saturated heterocycles. The van der Waals surface area contributed by atoms with E-state index in [0.717, 1.165) is 32.1 Å². The molecule has 3 aliphatic rings. The molecule has 2 saturated carbocycles. The Bertz CT molecular complexity index is 889. The molecule has 0 spiro atoms. The minimum Gasteiger partial charge on any atom is -0.370 e. The van der Waals surface area contributed by atoms with Gasteiger partial charge >= 0.3 is 0 Å². The summed E-state index contributed by atoms with van der Waals surface area (Å²) in [4.78, 5) is 40.5. The van der Waals surface area contributed by atoms with E-state index in [2.05, 4.69) is 5.32 Å². The Morgan fingerprint density at radius 3 is 2.56 bits per heavy atom. The number of halogens is 2. The van der Waals surface area contributed by atoms with E-state index in [0.29, 0.717) is 24.8 Å². The van der Waals surface area contributed by atoms with Gasteiger partial charge in [-0.15, -0.1) is 0 Å². The van der Waals surface area contributed by atoms with Crippen molar-refractivity contribution in [2.24, 2.45) is 11.7 Å². The topological polar surface area (TPSA) is 105 Å². The van der Waals surface area contributed by atoms with Crippen LogP contribution in [0, 0.1) is 5.92 Å². The molecule has 3 N–H and O–H groups in total. The number of rotatable bonds is 9. The summed E-state index contributed by atoms with van der Waals surface area (Å²) in [7, 11) is 0. The number of hydrogen-bond acceptors (Lipinski definition) is 5. The van der Waals surface area contributed by atoms with Gasteiger partial charge in [0.25, 0.3) is 18.2 Å². The van der Waals surface area contributed by atoms with Gasteiger partial charge in [0, 0.05) is 36.1 Å². The molecule has 4 rings (SSSR count). The molecule has 2 aliphatic carbocycles. The number of morpholine rings is 1. The van der Waals surface area contributed by atoms with Gasteiger partial charge in [0.05, 0.1) is 6.61 Å². The highest BCUT2D eigenvalue weighted by Crippen LogP contribution is 2.35. The van der Waals surface area contributed by atoms with Crippen molar-refractivity contribution < 1.29 is 27.9 Å². The fourth-order valence-electron chi connectivity index (χ4n) is 4.29. The Morgan fingerprint density at radius 2 is 2.00 bits per heavy atom. The predicted molar refractivity (Wildman–Crippen MR) is 113 cm³/mol. The van der Waals surface area contributed by atoms with Crippen molar-refractivity contribution in [2.75, 3.05) is 36.5 Å². The van der Waals surface area contributed by atoms with Crippen LogP contribution in [0.1, 0.15) is 44.1 Å². The number of nitrogens with two attached hydrogens (primary N) is 1. The van der Waals surface area contributed by atoms with Crippen molar-refractivity contribution in [1.82, 2.24) is 4.90 Å². The first-order valence-corrected chi connectivity index (χ1v) is 11.0. The third kappa shape index (κ3) is 4.91. The van der Waals surface area contributed by atoms with E-state index in [-0.39, 0.29) is 30.8 Å². The van der Waals surface area contributed by atoms with Crippen molar-refractivity contribution >= 4 is 29.1 Å². The molecule has 174 valence electrons. The summed E-state index contributed by atoms with van der Waals surface area (Å²) in [5, 5.41) is 2.50. The Morgan fingerprint density at radius 1 is 1.25 bits per heavy atom. The second kappa shape index (κ2) is 9.50. The second-order valence-corrected chi connectivity index (χ2v) is 8.69. The van der Waals surface area contributed by atoms with Gasteiger partial charge in [0.2, 0.25) is 5.91 Å². The zero-order valence-electron chi connectivity index (χ0n) is 17.8. The highest BCUT2D eigenvalue weighted by molar-refractivity contribution is 6.10. The van der Waals surface area contributed by atoms with Crippen LogP contribution in [0.25, 0.3) is 0 Å². The maximum Gasteiger partial charge on any atom is 0.265 e. The zero-order valence-corrected chi connectivity index (χ0v) is 17.8. The van der Waals surface area contributed by atoms with Gasteiger partial charge < -0.3 is 20.7 Å². The average molecular weight is 450 g/mol. The van der Waals surface area contributed by atoms with Gasteiger partial charge in [-0.2, -0.15) is 0 Å². The Balaban J connectivity index is 1.54. The maximum absolute atomic E-state index is 13.8. The van der Waals surface area contributed by atoms with Crippen LogP contribution in [0.15, 0.2) is 18.2 Å². The summed E-state index contributed by atoms with van der Waals surface area (Å²) in [5.41, 5.74) is 5.37. The van der Waals surface area contributed by atoms with Crippen LogP contribution in [0.3, 0.4) is 0 Å². The fraction of sp³-hybridized carbons (Fsp3) is 0.591. The number of hydrogen-bond donors (Lipinski definition) is 2. The number of nitrogens with zero attached hydrogens (tertiary/aromatic N) is 2. The van der Waals surface area contributed by atoms with Crippen LogP contribution in [0.4, 0.5) is 20.2 Å². The molecular formula is C22H28F2N4O4. The lowest BCUT2D eigenvalue weighted by Crippen LogP contribution is -2.54. The smallest absolute Gasteiger partial charge is 0.265 e. The number of anilines is 2. The molecule has 1 aromatic carbocycles. The van der Waals surface area contributed by atoms with Crippen molar-refractivity contribution in [3.8, 4) is 0 Å². The molecule has 1 aromatic rings. The van der Waals surface area contributed by atoms with Crippen LogP contribution < -0.4 is 16.0 Å². The summed E-state index contributed by atoms with van der Waals surface area (Å²) in [6.07, 6.45) is 2.11. The SMILES string of the molecule is NC(=O)[C@@H](C(=O)Nc1ccc(N2CCOCC2=O)cc1C(F)F)N(CC1CCC1)C1CC1. The zero-order chi connectivity index (χ0) is 22.8. The predicted octanol–water partition coefficient (Wildman–Crippen LogP) is 2.04. The monoisotopic (exact) mass is 450 g/mol. The largest absolute Gasteiger partial charge is 0.370 e. The molecule has 0 unspecified atom stereocenters. The summed E-state index contributed by atoms with van der Waals surface area (Å²) in [6.45, 7) is 1.06. The molecule has 3 amide bonds. The third-order valence-electron chi connectivity index (χ3n) is 6.38.